The monoisotopic (exact) mass is 1830 g/mol. The first kappa shape index (κ1) is 91.8. The Labute approximate surface area is 788 Å². The number of benzene rings is 6. The van der Waals surface area contributed by atoms with Crippen LogP contribution in [0.4, 0.5) is 51.6 Å². The summed E-state index contributed by atoms with van der Waals surface area (Å²) in [7, 11) is 3.31. The standard InChI is InChI=1S/C37H40N8O4.C36H38N8O4.C29H31N7O3/c1-42-13-11-28(21-35(42)46)37(47)45-14-9-26(10-15-45)23-49-33-7-2-27(20-29(33)22-38)36-39-12-8-34(41-36)40-30-3-5-31(6-4-30)43-16-18-44(19-17-43)32-24-48-25-32;1-41-13-9-26(21-34(41)45)36(46)44-14-10-31(11-15-44)48-32-7-2-25(20-27(32)22-37)35-38-12-8-33(40-35)39-28-3-5-29(6-4-28)42-16-18-43(19-17-42)30-23-47-24-30;30-16-21-15-20(1-7-26(21)39-17-23-4-8-28(37)33-23)29-31-10-9-27(34-29)32-22-2-5-24(6-3-22)35-11-13-36(14-12-35)25-18-38-19-25/h2-8,11-13,20-21,26,32H,9-10,14-19,23-25H2,1H3,(H,39,40,41);2-9,12-13,20-21,30-31H,10-11,14-19,23-24H2,1H3,(H,38,39,40);1-3,5-7,9-10,15,23,25H,4,8,11-14,17-19H2,(H,33,37)(H,31,32,34). The molecule has 1 atom stereocenters. The van der Waals surface area contributed by atoms with Crippen LogP contribution in [-0.2, 0) is 33.1 Å². The number of hydrogen-bond donors (Lipinski definition) is 4. The lowest BCUT2D eigenvalue weighted by atomic mass is 9.97. The average molecular weight is 1830 g/mol. The van der Waals surface area contributed by atoms with E-state index >= 15 is 0 Å². The van der Waals surface area contributed by atoms with Crippen molar-refractivity contribution < 1.29 is 42.8 Å². The fourth-order valence-electron chi connectivity index (χ4n) is 18.0. The van der Waals surface area contributed by atoms with Crippen molar-refractivity contribution in [2.75, 3.05) is 188 Å². The molecule has 1 unspecified atom stereocenters. The van der Waals surface area contributed by atoms with E-state index in [4.69, 9.17) is 38.4 Å². The van der Waals surface area contributed by atoms with Gasteiger partial charge in [-0.05, 0) is 183 Å². The maximum absolute atomic E-state index is 12.9. The van der Waals surface area contributed by atoms with Crippen LogP contribution in [-0.4, -0.2) is 269 Å². The molecule has 9 fully saturated rings. The van der Waals surface area contributed by atoms with Crippen LogP contribution >= 0.6 is 0 Å². The van der Waals surface area contributed by atoms with Gasteiger partial charge in [0.1, 0.15) is 65.6 Å². The summed E-state index contributed by atoms with van der Waals surface area (Å²) in [5.74, 6) is 4.98. The zero-order valence-corrected chi connectivity index (χ0v) is 76.2. The van der Waals surface area contributed by atoms with Crippen molar-refractivity contribution in [3.63, 3.8) is 0 Å². The highest BCUT2D eigenvalue weighted by molar-refractivity contribution is 5.95. The molecule has 0 spiro atoms. The van der Waals surface area contributed by atoms with E-state index in [0.29, 0.717) is 162 Å². The first-order valence-corrected chi connectivity index (χ1v) is 46.6. The molecule has 20 rings (SSSR count). The topological polar surface area (TPSA) is 373 Å². The zero-order chi connectivity index (χ0) is 93.4. The Bertz CT molecular complexity index is 6310. The van der Waals surface area contributed by atoms with E-state index in [0.717, 1.165) is 166 Å². The van der Waals surface area contributed by atoms with Gasteiger partial charge in [-0.3, -0.25) is 38.7 Å². The van der Waals surface area contributed by atoms with Crippen LogP contribution in [0.3, 0.4) is 0 Å². The van der Waals surface area contributed by atoms with Gasteiger partial charge in [-0.2, -0.15) is 15.8 Å². The van der Waals surface area contributed by atoms with Crippen LogP contribution in [0.25, 0.3) is 34.2 Å². The molecule has 34 heteroatoms. The van der Waals surface area contributed by atoms with Gasteiger partial charge in [-0.25, -0.2) is 29.9 Å². The van der Waals surface area contributed by atoms with Crippen LogP contribution in [0.15, 0.2) is 210 Å². The molecule has 3 amide bonds. The van der Waals surface area contributed by atoms with E-state index in [2.05, 4.69) is 162 Å². The number of aryl methyl sites for hydroxylation is 2. The third kappa shape index (κ3) is 22.7. The van der Waals surface area contributed by atoms with Gasteiger partial charge in [0.2, 0.25) is 5.91 Å². The molecular formula is C102H109N23O11. The summed E-state index contributed by atoms with van der Waals surface area (Å²) in [5.41, 5.74) is 10.2. The zero-order valence-electron chi connectivity index (χ0n) is 76.2. The number of nitrogens with zero attached hydrogens (tertiary/aromatic N) is 19. The minimum Gasteiger partial charge on any atom is -0.492 e. The SMILES string of the molecule is Cn1ccc(C(=O)N2CCC(COc3ccc(-c4nccc(Nc5ccc(N6CCN(C7COC7)CC6)cc5)n4)cc3C#N)CC2)cc1=O.Cn1ccc(C(=O)N2CCC(Oc3ccc(-c4nccc(Nc5ccc(N6CCN(C7COC7)CC6)cc5)n4)cc3C#N)CC2)cc1=O.N#Cc1cc(-c2nccc(Nc3ccc(N4CCN(C5COC5)CC4)cc3)n2)ccc1OCC1CCC(=O)N1. The molecule has 14 heterocycles. The number of piperidine rings is 2. The van der Waals surface area contributed by atoms with E-state index in [9.17, 15) is 39.8 Å². The van der Waals surface area contributed by atoms with Gasteiger partial charge in [0.05, 0.1) is 87.1 Å². The molecular weight excluding hydrogens is 1720 g/mol. The van der Waals surface area contributed by atoms with Crippen molar-refractivity contribution >= 4 is 69.3 Å². The van der Waals surface area contributed by atoms with Gasteiger partial charge in [-0.15, -0.1) is 0 Å². The Balaban J connectivity index is 0.000000137. The van der Waals surface area contributed by atoms with Gasteiger partial charge in [0, 0.05) is 243 Å². The number of carbonyl (C=O) groups is 3. The lowest BCUT2D eigenvalue weighted by Gasteiger charge is -2.43. The second-order valence-corrected chi connectivity index (χ2v) is 35.4. The molecule has 4 N–H and O–H groups in total. The summed E-state index contributed by atoms with van der Waals surface area (Å²) in [6.45, 7) is 20.6. The Morgan fingerprint density at radius 2 is 0.765 bits per heavy atom. The van der Waals surface area contributed by atoms with Gasteiger partial charge in [0.25, 0.3) is 22.9 Å². The molecule has 0 aliphatic carbocycles. The van der Waals surface area contributed by atoms with Gasteiger partial charge >= 0.3 is 0 Å². The van der Waals surface area contributed by atoms with Crippen LogP contribution in [0.1, 0.15) is 75.9 Å². The Hall–Kier alpha value is -14.7. The van der Waals surface area contributed by atoms with E-state index in [1.165, 1.54) is 38.3 Å². The third-order valence-electron chi connectivity index (χ3n) is 26.5. The molecule has 9 saturated heterocycles. The maximum atomic E-state index is 12.9. The van der Waals surface area contributed by atoms with Crippen molar-refractivity contribution in [1.29, 1.82) is 15.8 Å². The van der Waals surface area contributed by atoms with E-state index < -0.39 is 0 Å². The largest absolute Gasteiger partial charge is 0.492 e. The number of nitrogens with one attached hydrogen (secondary N) is 4. The van der Waals surface area contributed by atoms with E-state index in [-0.39, 0.29) is 46.9 Å². The predicted molar refractivity (Wildman–Crippen MR) is 515 cm³/mol. The first-order chi connectivity index (χ1) is 66.5. The summed E-state index contributed by atoms with van der Waals surface area (Å²) in [6, 6.07) is 61.4. The average Bonchev–Trinajstić information content (AvgIpc) is 1.45. The van der Waals surface area contributed by atoms with Crippen LogP contribution in [0.5, 0.6) is 17.2 Å². The summed E-state index contributed by atoms with van der Waals surface area (Å²) in [4.78, 5) is 107. The van der Waals surface area contributed by atoms with E-state index in [1.807, 2.05) is 36.4 Å². The fraction of sp³-hybridized carbons (Fsp3) is 0.373. The van der Waals surface area contributed by atoms with Gasteiger partial charge < -0.3 is 83.3 Å². The number of pyridine rings is 2. The Morgan fingerprint density at radius 3 is 1.10 bits per heavy atom. The number of carbonyl (C=O) groups excluding carboxylic acids is 3. The molecule has 11 aromatic rings. The Kier molecular flexibility index (Phi) is 29.1. The number of aromatic nitrogens is 8. The molecule has 34 nitrogen and oxygen atoms in total. The minimum atomic E-state index is -0.217. The number of piperazine rings is 3. The molecule has 6 aromatic carbocycles. The lowest BCUT2D eigenvalue weighted by molar-refractivity contribution is -0.119. The quantitative estimate of drug-likeness (QED) is 0.0413. The molecule has 9 aliphatic heterocycles. The maximum Gasteiger partial charge on any atom is 0.254 e. The van der Waals surface area contributed by atoms with Crippen LogP contribution in [0.2, 0.25) is 0 Å². The summed E-state index contributed by atoms with van der Waals surface area (Å²) < 4.78 is 37.1. The summed E-state index contributed by atoms with van der Waals surface area (Å²) in [6.07, 6.45) is 12.2. The number of amides is 3. The van der Waals surface area contributed by atoms with Gasteiger partial charge in [-0.1, -0.05) is 0 Å². The molecule has 136 heavy (non-hydrogen) atoms. The van der Waals surface area contributed by atoms with Crippen LogP contribution in [0, 0.1) is 39.9 Å². The highest BCUT2D eigenvalue weighted by Crippen LogP contribution is 2.35. The molecule has 9 aliphatic rings. The number of ether oxygens (including phenoxy) is 6. The number of hydrogen-bond acceptors (Lipinski definition) is 29. The highest BCUT2D eigenvalue weighted by Gasteiger charge is 2.34. The van der Waals surface area contributed by atoms with Crippen molar-refractivity contribution in [1.82, 2.24) is 68.9 Å². The van der Waals surface area contributed by atoms with Crippen LogP contribution < -0.4 is 61.3 Å². The number of rotatable bonds is 25. The molecule has 0 bridgehead atoms. The molecule has 5 aromatic heterocycles. The predicted octanol–water partition coefficient (Wildman–Crippen LogP) is 10.5. The highest BCUT2D eigenvalue weighted by atomic mass is 16.5. The number of anilines is 9. The van der Waals surface area contributed by atoms with Gasteiger partial charge in [0.15, 0.2) is 17.5 Å². The lowest BCUT2D eigenvalue weighted by Crippen LogP contribution is -2.56. The Morgan fingerprint density at radius 1 is 0.412 bits per heavy atom. The fourth-order valence-corrected chi connectivity index (χ4v) is 18.0. The second-order valence-electron chi connectivity index (χ2n) is 35.4. The molecule has 698 valence electrons. The van der Waals surface area contributed by atoms with Crippen molar-refractivity contribution in [3.8, 4) is 69.6 Å². The molecule has 0 saturated carbocycles. The minimum absolute atomic E-state index is 0.0263. The smallest absolute Gasteiger partial charge is 0.254 e. The van der Waals surface area contributed by atoms with Crippen molar-refractivity contribution in [2.45, 2.75) is 68.8 Å². The third-order valence-corrected chi connectivity index (χ3v) is 26.5. The second kappa shape index (κ2) is 43.1. The van der Waals surface area contributed by atoms with E-state index in [1.54, 1.807) is 103 Å². The summed E-state index contributed by atoms with van der Waals surface area (Å²) >= 11 is 0. The first-order valence-electron chi connectivity index (χ1n) is 46.6. The molecule has 0 radical (unpaired) electrons. The normalized spacial score (nSPS) is 18.0. The number of nitriles is 3. The van der Waals surface area contributed by atoms with Crippen molar-refractivity contribution in [3.05, 3.63) is 249 Å². The summed E-state index contributed by atoms with van der Waals surface area (Å²) in [5, 5.41) is 42.5. The van der Waals surface area contributed by atoms with Crippen molar-refractivity contribution in [2.24, 2.45) is 20.0 Å². The number of likely N-dealkylation sites (tertiary alicyclic amines) is 2.